The van der Waals surface area contributed by atoms with Crippen molar-refractivity contribution in [2.24, 2.45) is 11.7 Å². The van der Waals surface area contributed by atoms with E-state index in [0.717, 1.165) is 0 Å². The minimum absolute atomic E-state index is 0.0291. The van der Waals surface area contributed by atoms with E-state index in [1.807, 2.05) is 13.8 Å². The van der Waals surface area contributed by atoms with Gasteiger partial charge < -0.3 is 11.1 Å². The van der Waals surface area contributed by atoms with Crippen molar-refractivity contribution >= 4 is 5.91 Å². The number of carbonyl (C=O) groups excluding carboxylic acids is 1. The van der Waals surface area contributed by atoms with E-state index in [0.29, 0.717) is 18.0 Å². The Morgan fingerprint density at radius 3 is 2.60 bits per heavy atom. The van der Waals surface area contributed by atoms with Gasteiger partial charge in [-0.3, -0.25) is 4.79 Å². The first-order valence-electron chi connectivity index (χ1n) is 4.90. The molecule has 0 aliphatic carbocycles. The van der Waals surface area contributed by atoms with Crippen molar-refractivity contribution in [2.75, 3.05) is 6.54 Å². The number of hydrogen-bond acceptors (Lipinski definition) is 4. The maximum absolute atomic E-state index is 11.5. The molecule has 1 heterocycles. The molecule has 1 unspecified atom stereocenters. The monoisotopic (exact) mass is 208 g/mol. The molecule has 1 amide bonds. The van der Waals surface area contributed by atoms with E-state index < -0.39 is 0 Å². The standard InChI is InChI=1S/C10H16N4O/c1-7(2)9(11)5-14-10(15)8-3-12-6-13-4-8/h3-4,6-7,9H,5,11H2,1-2H3,(H,14,15). The zero-order valence-corrected chi connectivity index (χ0v) is 8.97. The van der Waals surface area contributed by atoms with E-state index in [4.69, 9.17) is 5.73 Å². The molecule has 1 atom stereocenters. The molecule has 0 saturated carbocycles. The number of rotatable bonds is 4. The van der Waals surface area contributed by atoms with Gasteiger partial charge in [-0.15, -0.1) is 0 Å². The third-order valence-corrected chi connectivity index (χ3v) is 2.18. The zero-order valence-electron chi connectivity index (χ0n) is 8.97. The SMILES string of the molecule is CC(C)C(N)CNC(=O)c1cncnc1. The number of amides is 1. The molecule has 0 saturated heterocycles. The first-order chi connectivity index (χ1) is 7.11. The second-order valence-electron chi connectivity index (χ2n) is 3.75. The summed E-state index contributed by atoms with van der Waals surface area (Å²) in [6.07, 6.45) is 4.34. The first-order valence-corrected chi connectivity index (χ1v) is 4.90. The smallest absolute Gasteiger partial charge is 0.254 e. The van der Waals surface area contributed by atoms with Crippen LogP contribution in [0.3, 0.4) is 0 Å². The van der Waals surface area contributed by atoms with Crippen LogP contribution >= 0.6 is 0 Å². The van der Waals surface area contributed by atoms with Gasteiger partial charge in [0.15, 0.2) is 0 Å². The van der Waals surface area contributed by atoms with E-state index in [1.54, 1.807) is 0 Å². The van der Waals surface area contributed by atoms with Crippen LogP contribution in [0.2, 0.25) is 0 Å². The summed E-state index contributed by atoms with van der Waals surface area (Å²) < 4.78 is 0. The zero-order chi connectivity index (χ0) is 11.3. The maximum Gasteiger partial charge on any atom is 0.254 e. The van der Waals surface area contributed by atoms with E-state index >= 15 is 0 Å². The van der Waals surface area contributed by atoms with Crippen molar-refractivity contribution < 1.29 is 4.79 Å². The summed E-state index contributed by atoms with van der Waals surface area (Å²) in [7, 11) is 0. The van der Waals surface area contributed by atoms with Gasteiger partial charge in [0.25, 0.3) is 5.91 Å². The van der Waals surface area contributed by atoms with Crippen LogP contribution in [0.5, 0.6) is 0 Å². The van der Waals surface area contributed by atoms with E-state index in [9.17, 15) is 4.79 Å². The fourth-order valence-electron chi connectivity index (χ4n) is 0.965. The van der Waals surface area contributed by atoms with Gasteiger partial charge in [-0.2, -0.15) is 0 Å². The Kier molecular flexibility index (Phi) is 4.17. The Labute approximate surface area is 89.1 Å². The Hall–Kier alpha value is -1.49. The maximum atomic E-state index is 11.5. The lowest BCUT2D eigenvalue weighted by molar-refractivity contribution is 0.0948. The first kappa shape index (κ1) is 11.6. The lowest BCUT2D eigenvalue weighted by Gasteiger charge is -2.15. The second-order valence-corrected chi connectivity index (χ2v) is 3.75. The van der Waals surface area contributed by atoms with Crippen LogP contribution in [-0.2, 0) is 0 Å². The number of carbonyl (C=O) groups is 1. The molecule has 3 N–H and O–H groups in total. The summed E-state index contributed by atoms with van der Waals surface area (Å²) >= 11 is 0. The predicted molar refractivity (Wildman–Crippen MR) is 57.2 cm³/mol. The van der Waals surface area contributed by atoms with Crippen molar-refractivity contribution in [3.63, 3.8) is 0 Å². The van der Waals surface area contributed by atoms with Crippen molar-refractivity contribution in [1.29, 1.82) is 0 Å². The summed E-state index contributed by atoms with van der Waals surface area (Å²) in [5.74, 6) is 0.157. The van der Waals surface area contributed by atoms with Crippen LogP contribution in [0.4, 0.5) is 0 Å². The minimum Gasteiger partial charge on any atom is -0.350 e. The summed E-state index contributed by atoms with van der Waals surface area (Å²) in [5, 5.41) is 2.74. The number of nitrogens with two attached hydrogens (primary N) is 1. The molecule has 0 fully saturated rings. The van der Waals surface area contributed by atoms with Gasteiger partial charge in [-0.05, 0) is 5.92 Å². The Morgan fingerprint density at radius 1 is 1.47 bits per heavy atom. The van der Waals surface area contributed by atoms with E-state index in [-0.39, 0.29) is 11.9 Å². The molecule has 1 aromatic rings. The van der Waals surface area contributed by atoms with Crippen LogP contribution in [-0.4, -0.2) is 28.5 Å². The average Bonchev–Trinajstić information content (AvgIpc) is 2.26. The molecule has 0 radical (unpaired) electrons. The largest absolute Gasteiger partial charge is 0.350 e. The highest BCUT2D eigenvalue weighted by atomic mass is 16.1. The highest BCUT2D eigenvalue weighted by Gasteiger charge is 2.10. The normalized spacial score (nSPS) is 12.5. The highest BCUT2D eigenvalue weighted by Crippen LogP contribution is 1.97. The molecule has 5 nitrogen and oxygen atoms in total. The van der Waals surface area contributed by atoms with Gasteiger partial charge in [0.1, 0.15) is 6.33 Å². The van der Waals surface area contributed by atoms with Crippen LogP contribution < -0.4 is 11.1 Å². The fourth-order valence-corrected chi connectivity index (χ4v) is 0.965. The van der Waals surface area contributed by atoms with Gasteiger partial charge in [0.2, 0.25) is 0 Å². The molecule has 1 rings (SSSR count). The number of aromatic nitrogens is 2. The van der Waals surface area contributed by atoms with Gasteiger partial charge in [-0.25, -0.2) is 9.97 Å². The summed E-state index contributed by atoms with van der Waals surface area (Å²) in [6.45, 7) is 4.50. The van der Waals surface area contributed by atoms with Crippen LogP contribution in [0.25, 0.3) is 0 Å². The summed E-state index contributed by atoms with van der Waals surface area (Å²) in [5.41, 5.74) is 6.25. The molecule has 15 heavy (non-hydrogen) atoms. The Morgan fingerprint density at radius 2 is 2.07 bits per heavy atom. The highest BCUT2D eigenvalue weighted by molar-refractivity contribution is 5.93. The van der Waals surface area contributed by atoms with Gasteiger partial charge in [0, 0.05) is 25.0 Å². The van der Waals surface area contributed by atoms with Gasteiger partial charge in [0.05, 0.1) is 5.56 Å². The summed E-state index contributed by atoms with van der Waals surface area (Å²) in [6, 6.07) is -0.0291. The second kappa shape index (κ2) is 5.41. The molecule has 0 aliphatic heterocycles. The number of hydrogen-bond donors (Lipinski definition) is 2. The molecule has 5 heteroatoms. The van der Waals surface area contributed by atoms with E-state index in [2.05, 4.69) is 15.3 Å². The Balaban J connectivity index is 2.44. The molecule has 0 spiro atoms. The van der Waals surface area contributed by atoms with Gasteiger partial charge >= 0.3 is 0 Å². The Bertz CT molecular complexity index is 312. The van der Waals surface area contributed by atoms with Crippen LogP contribution in [0, 0.1) is 5.92 Å². The summed E-state index contributed by atoms with van der Waals surface area (Å²) in [4.78, 5) is 19.1. The van der Waals surface area contributed by atoms with E-state index in [1.165, 1.54) is 18.7 Å². The molecule has 82 valence electrons. The van der Waals surface area contributed by atoms with Crippen molar-refractivity contribution in [3.05, 3.63) is 24.3 Å². The third-order valence-electron chi connectivity index (χ3n) is 2.18. The lowest BCUT2D eigenvalue weighted by Crippen LogP contribution is -2.40. The lowest BCUT2D eigenvalue weighted by atomic mass is 10.1. The van der Waals surface area contributed by atoms with Crippen molar-refractivity contribution in [1.82, 2.24) is 15.3 Å². The van der Waals surface area contributed by atoms with Crippen LogP contribution in [0.1, 0.15) is 24.2 Å². The van der Waals surface area contributed by atoms with Gasteiger partial charge in [-0.1, -0.05) is 13.8 Å². The third kappa shape index (κ3) is 3.63. The molecule has 0 aromatic carbocycles. The number of nitrogens with one attached hydrogen (secondary N) is 1. The minimum atomic E-state index is -0.188. The fraction of sp³-hybridized carbons (Fsp3) is 0.500. The van der Waals surface area contributed by atoms with Crippen LogP contribution in [0.15, 0.2) is 18.7 Å². The molecule has 0 aliphatic rings. The molecule has 0 bridgehead atoms. The topological polar surface area (TPSA) is 80.9 Å². The molecule has 1 aromatic heterocycles. The van der Waals surface area contributed by atoms with Crippen molar-refractivity contribution in [3.8, 4) is 0 Å². The number of nitrogens with zero attached hydrogens (tertiary/aromatic N) is 2. The average molecular weight is 208 g/mol. The molecular weight excluding hydrogens is 192 g/mol. The predicted octanol–water partition coefficient (Wildman–Crippen LogP) is 0.190. The molecular formula is C10H16N4O. The van der Waals surface area contributed by atoms with Crippen molar-refractivity contribution in [2.45, 2.75) is 19.9 Å². The quantitative estimate of drug-likeness (QED) is 0.740.